The third kappa shape index (κ3) is 3.56. The van der Waals surface area contributed by atoms with Gasteiger partial charge in [0.25, 0.3) is 5.91 Å². The fourth-order valence-electron chi connectivity index (χ4n) is 3.09. The van der Waals surface area contributed by atoms with E-state index in [1.807, 2.05) is 47.4 Å². The Morgan fingerprint density at radius 3 is 2.65 bits per heavy atom. The molecule has 3 aromatic rings. The van der Waals surface area contributed by atoms with Crippen LogP contribution in [0.25, 0.3) is 11.3 Å². The molecular weight excluding hydrogens is 330 g/mol. The zero-order chi connectivity index (χ0) is 17.8. The number of benzene rings is 1. The van der Waals surface area contributed by atoms with Gasteiger partial charge >= 0.3 is 0 Å². The monoisotopic (exact) mass is 349 g/mol. The summed E-state index contributed by atoms with van der Waals surface area (Å²) in [5.74, 6) is 1.28. The molecule has 1 aliphatic heterocycles. The number of carbonyl (C=O) groups excluding carboxylic acids is 1. The van der Waals surface area contributed by atoms with E-state index in [0.717, 1.165) is 24.2 Å². The van der Waals surface area contributed by atoms with E-state index in [0.29, 0.717) is 24.5 Å². The van der Waals surface area contributed by atoms with Crippen molar-refractivity contribution in [1.82, 2.24) is 20.3 Å². The maximum atomic E-state index is 12.7. The quantitative estimate of drug-likeness (QED) is 0.780. The summed E-state index contributed by atoms with van der Waals surface area (Å²) in [6.07, 6.45) is 3.35. The molecule has 1 fully saturated rings. The first kappa shape index (κ1) is 16.3. The average molecular weight is 349 g/mol. The molecule has 3 heterocycles. The average Bonchev–Trinajstić information content (AvgIpc) is 3.20. The Balaban J connectivity index is 1.36. The highest BCUT2D eigenvalue weighted by molar-refractivity contribution is 5.93. The molecule has 1 aromatic carbocycles. The molecule has 2 aromatic heterocycles. The van der Waals surface area contributed by atoms with Gasteiger partial charge < -0.3 is 14.7 Å². The van der Waals surface area contributed by atoms with Gasteiger partial charge in [0.15, 0.2) is 11.5 Å². The summed E-state index contributed by atoms with van der Waals surface area (Å²) in [6, 6.07) is 15.4. The molecule has 1 saturated heterocycles. The molecular formula is C19H19N5O2. The summed E-state index contributed by atoms with van der Waals surface area (Å²) < 4.78 is 5.34. The van der Waals surface area contributed by atoms with Crippen LogP contribution in [0.5, 0.6) is 0 Å². The summed E-state index contributed by atoms with van der Waals surface area (Å²) >= 11 is 0. The Bertz CT molecular complexity index is 858. The van der Waals surface area contributed by atoms with Crippen molar-refractivity contribution in [3.63, 3.8) is 0 Å². The molecule has 0 atom stereocenters. The van der Waals surface area contributed by atoms with Crippen LogP contribution in [0.4, 0.5) is 5.82 Å². The summed E-state index contributed by atoms with van der Waals surface area (Å²) in [5, 5.41) is 15.2. The minimum atomic E-state index is -0.0890. The van der Waals surface area contributed by atoms with Crippen molar-refractivity contribution < 1.29 is 9.32 Å². The molecule has 0 bridgehead atoms. The van der Waals surface area contributed by atoms with E-state index < -0.39 is 0 Å². The van der Waals surface area contributed by atoms with E-state index in [9.17, 15) is 4.79 Å². The van der Waals surface area contributed by atoms with E-state index in [1.54, 1.807) is 12.3 Å². The summed E-state index contributed by atoms with van der Waals surface area (Å²) in [5.41, 5.74) is 1.26. The van der Waals surface area contributed by atoms with Crippen LogP contribution >= 0.6 is 0 Å². The first-order valence-corrected chi connectivity index (χ1v) is 8.65. The lowest BCUT2D eigenvalue weighted by Gasteiger charge is -2.32. The van der Waals surface area contributed by atoms with Gasteiger partial charge in [0.05, 0.1) is 0 Å². The van der Waals surface area contributed by atoms with Gasteiger partial charge in [-0.1, -0.05) is 35.5 Å². The zero-order valence-corrected chi connectivity index (χ0v) is 14.2. The topological polar surface area (TPSA) is 84.2 Å². The van der Waals surface area contributed by atoms with Crippen molar-refractivity contribution in [2.75, 3.05) is 18.4 Å². The predicted molar refractivity (Wildman–Crippen MR) is 96.5 cm³/mol. The standard InChI is InChI=1S/C19H19N5O2/c25-19(16-13-17(26-23-16)14-5-2-1-3-6-14)24-11-8-15(9-12-24)21-18-7-4-10-20-22-18/h1-7,10,13,15H,8-9,11-12H2,(H,21,22). The summed E-state index contributed by atoms with van der Waals surface area (Å²) in [7, 11) is 0. The van der Waals surface area contributed by atoms with Crippen molar-refractivity contribution in [2.24, 2.45) is 0 Å². The number of likely N-dealkylation sites (tertiary alicyclic amines) is 1. The molecule has 0 spiro atoms. The number of nitrogens with one attached hydrogen (secondary N) is 1. The molecule has 7 nitrogen and oxygen atoms in total. The third-order valence-corrected chi connectivity index (χ3v) is 4.49. The Hall–Kier alpha value is -3.22. The first-order valence-electron chi connectivity index (χ1n) is 8.65. The maximum Gasteiger partial charge on any atom is 0.276 e. The zero-order valence-electron chi connectivity index (χ0n) is 14.2. The first-order chi connectivity index (χ1) is 12.8. The lowest BCUT2D eigenvalue weighted by atomic mass is 10.0. The molecule has 1 aliphatic rings. The fraction of sp³-hybridized carbons (Fsp3) is 0.263. The highest BCUT2D eigenvalue weighted by atomic mass is 16.5. The Morgan fingerprint density at radius 1 is 1.12 bits per heavy atom. The number of hydrogen-bond donors (Lipinski definition) is 1. The van der Waals surface area contributed by atoms with E-state index in [-0.39, 0.29) is 11.9 Å². The molecule has 7 heteroatoms. The van der Waals surface area contributed by atoms with Crippen LogP contribution in [-0.2, 0) is 0 Å². The van der Waals surface area contributed by atoms with E-state index in [4.69, 9.17) is 4.52 Å². The number of hydrogen-bond acceptors (Lipinski definition) is 6. The summed E-state index contributed by atoms with van der Waals surface area (Å²) in [6.45, 7) is 1.34. The van der Waals surface area contributed by atoms with Gasteiger partial charge in [-0.25, -0.2) is 0 Å². The number of amides is 1. The lowest BCUT2D eigenvalue weighted by Crippen LogP contribution is -2.42. The van der Waals surface area contributed by atoms with Crippen LogP contribution in [-0.4, -0.2) is 45.3 Å². The van der Waals surface area contributed by atoms with Crippen molar-refractivity contribution >= 4 is 11.7 Å². The number of rotatable bonds is 4. The van der Waals surface area contributed by atoms with Crippen molar-refractivity contribution in [3.05, 3.63) is 60.4 Å². The number of carbonyl (C=O) groups is 1. The van der Waals surface area contributed by atoms with Crippen LogP contribution in [0.15, 0.2) is 59.3 Å². The SMILES string of the molecule is O=C(c1cc(-c2ccccc2)on1)N1CCC(Nc2cccnn2)CC1. The smallest absolute Gasteiger partial charge is 0.276 e. The molecule has 0 aliphatic carbocycles. The lowest BCUT2D eigenvalue weighted by molar-refractivity contribution is 0.0708. The van der Waals surface area contributed by atoms with Gasteiger partial charge in [-0.3, -0.25) is 4.79 Å². The molecule has 0 unspecified atom stereocenters. The van der Waals surface area contributed by atoms with Crippen LogP contribution < -0.4 is 5.32 Å². The maximum absolute atomic E-state index is 12.7. The number of aromatic nitrogens is 3. The predicted octanol–water partition coefficient (Wildman–Crippen LogP) is 2.85. The molecule has 0 saturated carbocycles. The van der Waals surface area contributed by atoms with Crippen LogP contribution in [0.3, 0.4) is 0 Å². The summed E-state index contributed by atoms with van der Waals surface area (Å²) in [4.78, 5) is 14.5. The van der Waals surface area contributed by atoms with Crippen molar-refractivity contribution in [2.45, 2.75) is 18.9 Å². The Morgan fingerprint density at radius 2 is 1.92 bits per heavy atom. The molecule has 132 valence electrons. The Kier molecular flexibility index (Phi) is 4.59. The number of anilines is 1. The Labute approximate surface area is 151 Å². The van der Waals surface area contributed by atoms with Gasteiger partial charge in [-0.2, -0.15) is 5.10 Å². The third-order valence-electron chi connectivity index (χ3n) is 4.49. The second-order valence-corrected chi connectivity index (χ2v) is 6.26. The molecule has 0 radical (unpaired) electrons. The highest BCUT2D eigenvalue weighted by Gasteiger charge is 2.26. The largest absolute Gasteiger partial charge is 0.366 e. The minimum absolute atomic E-state index is 0.0890. The molecule has 26 heavy (non-hydrogen) atoms. The van der Waals surface area contributed by atoms with Crippen molar-refractivity contribution in [1.29, 1.82) is 0 Å². The number of piperidine rings is 1. The normalized spacial score (nSPS) is 15.0. The fourth-order valence-corrected chi connectivity index (χ4v) is 3.09. The number of nitrogens with zero attached hydrogens (tertiary/aromatic N) is 4. The second kappa shape index (κ2) is 7.35. The molecule has 1 N–H and O–H groups in total. The van der Waals surface area contributed by atoms with Crippen molar-refractivity contribution in [3.8, 4) is 11.3 Å². The van der Waals surface area contributed by atoms with Gasteiger partial charge in [-0.05, 0) is 25.0 Å². The van der Waals surface area contributed by atoms with E-state index in [2.05, 4.69) is 20.7 Å². The highest BCUT2D eigenvalue weighted by Crippen LogP contribution is 2.22. The molecule has 1 amide bonds. The van der Waals surface area contributed by atoms with Gasteiger partial charge in [-0.15, -0.1) is 5.10 Å². The molecule has 4 rings (SSSR count). The van der Waals surface area contributed by atoms with Crippen LogP contribution in [0.2, 0.25) is 0 Å². The van der Waals surface area contributed by atoms with Gasteiger partial charge in [0.1, 0.15) is 5.82 Å². The van der Waals surface area contributed by atoms with E-state index in [1.165, 1.54) is 0 Å². The van der Waals surface area contributed by atoms with Gasteiger partial charge in [0, 0.05) is 37.0 Å². The minimum Gasteiger partial charge on any atom is -0.366 e. The van der Waals surface area contributed by atoms with Crippen LogP contribution in [0.1, 0.15) is 23.3 Å². The van der Waals surface area contributed by atoms with E-state index >= 15 is 0 Å². The van der Waals surface area contributed by atoms with Gasteiger partial charge in [0.2, 0.25) is 0 Å². The van der Waals surface area contributed by atoms with Crippen LogP contribution in [0, 0.1) is 0 Å². The second-order valence-electron chi connectivity index (χ2n) is 6.26.